The number of hydrogen-bond acceptors (Lipinski definition) is 2. The van der Waals surface area contributed by atoms with Crippen molar-refractivity contribution in [2.24, 2.45) is 28.9 Å². The van der Waals surface area contributed by atoms with Gasteiger partial charge in [-0.3, -0.25) is 4.79 Å². The average Bonchev–Trinajstić information content (AvgIpc) is 2.29. The van der Waals surface area contributed by atoms with Gasteiger partial charge in [-0.2, -0.15) is 0 Å². The van der Waals surface area contributed by atoms with E-state index >= 15 is 0 Å². The summed E-state index contributed by atoms with van der Waals surface area (Å²) >= 11 is 0. The highest BCUT2D eigenvalue weighted by Crippen LogP contribution is 2.45. The Bertz CT molecular complexity index is 310. The van der Waals surface area contributed by atoms with Crippen molar-refractivity contribution in [2.45, 2.75) is 58.9 Å². The minimum absolute atomic E-state index is 0.217. The van der Waals surface area contributed by atoms with Crippen molar-refractivity contribution in [3.05, 3.63) is 0 Å². The van der Waals surface area contributed by atoms with E-state index in [0.29, 0.717) is 18.5 Å². The topological polar surface area (TPSA) is 55.1 Å². The van der Waals surface area contributed by atoms with E-state index < -0.39 is 0 Å². The fourth-order valence-corrected chi connectivity index (χ4v) is 3.74. The molecule has 0 aromatic heterocycles. The highest BCUT2D eigenvalue weighted by atomic mass is 16.2. The SMILES string of the molecule is CC1CC(CN)(C(=O)NC2CCC(C)C(C)C2)C1. The fourth-order valence-electron chi connectivity index (χ4n) is 3.74. The summed E-state index contributed by atoms with van der Waals surface area (Å²) in [7, 11) is 0. The molecule has 104 valence electrons. The summed E-state index contributed by atoms with van der Waals surface area (Å²) in [5.41, 5.74) is 5.58. The molecule has 18 heavy (non-hydrogen) atoms. The standard InChI is InChI=1S/C15H28N2O/c1-10-7-15(8-10,9-16)14(18)17-13-5-4-11(2)12(3)6-13/h10-13H,4-9,16H2,1-3H3,(H,17,18). The van der Waals surface area contributed by atoms with Crippen molar-refractivity contribution in [1.29, 1.82) is 0 Å². The van der Waals surface area contributed by atoms with E-state index in [1.54, 1.807) is 0 Å². The Labute approximate surface area is 111 Å². The Morgan fingerprint density at radius 2 is 1.89 bits per heavy atom. The molecule has 3 heteroatoms. The lowest BCUT2D eigenvalue weighted by atomic mass is 9.62. The zero-order chi connectivity index (χ0) is 13.3. The molecule has 3 unspecified atom stereocenters. The van der Waals surface area contributed by atoms with Crippen molar-refractivity contribution in [1.82, 2.24) is 5.32 Å². The molecule has 1 amide bonds. The van der Waals surface area contributed by atoms with Gasteiger partial charge in [-0.1, -0.05) is 20.8 Å². The van der Waals surface area contributed by atoms with Crippen LogP contribution in [0.1, 0.15) is 52.9 Å². The smallest absolute Gasteiger partial charge is 0.227 e. The molecule has 0 aliphatic heterocycles. The summed E-state index contributed by atoms with van der Waals surface area (Å²) in [6.07, 6.45) is 5.43. The number of carbonyl (C=O) groups is 1. The summed E-state index contributed by atoms with van der Waals surface area (Å²) in [4.78, 5) is 12.4. The third-order valence-corrected chi connectivity index (χ3v) is 5.28. The number of rotatable bonds is 3. The van der Waals surface area contributed by atoms with Crippen LogP contribution in [0.15, 0.2) is 0 Å². The minimum atomic E-state index is -0.244. The van der Waals surface area contributed by atoms with E-state index in [4.69, 9.17) is 5.73 Å². The maximum Gasteiger partial charge on any atom is 0.227 e. The molecule has 2 aliphatic rings. The predicted octanol–water partition coefficient (Wildman–Crippen LogP) is 2.30. The van der Waals surface area contributed by atoms with Gasteiger partial charge in [0.25, 0.3) is 0 Å². The van der Waals surface area contributed by atoms with Crippen LogP contribution in [0, 0.1) is 23.2 Å². The van der Waals surface area contributed by atoms with Gasteiger partial charge in [0.15, 0.2) is 0 Å². The molecule has 2 saturated carbocycles. The molecular formula is C15H28N2O. The maximum absolute atomic E-state index is 12.4. The third-order valence-electron chi connectivity index (χ3n) is 5.28. The zero-order valence-electron chi connectivity index (χ0n) is 12.0. The number of nitrogens with two attached hydrogens (primary N) is 1. The Hall–Kier alpha value is -0.570. The molecule has 0 spiro atoms. The summed E-state index contributed by atoms with van der Waals surface area (Å²) in [5, 5.41) is 3.27. The van der Waals surface area contributed by atoms with Gasteiger partial charge in [0.2, 0.25) is 5.91 Å². The Kier molecular flexibility index (Phi) is 4.00. The normalized spacial score (nSPS) is 44.2. The van der Waals surface area contributed by atoms with Crippen molar-refractivity contribution in [3.8, 4) is 0 Å². The lowest BCUT2D eigenvalue weighted by molar-refractivity contribution is -0.139. The summed E-state index contributed by atoms with van der Waals surface area (Å²) in [6, 6.07) is 0.378. The first-order chi connectivity index (χ1) is 8.47. The van der Waals surface area contributed by atoms with Gasteiger partial charge < -0.3 is 11.1 Å². The molecule has 0 aromatic carbocycles. The van der Waals surface area contributed by atoms with Gasteiger partial charge in [-0.15, -0.1) is 0 Å². The second-order valence-corrected chi connectivity index (χ2v) is 6.94. The molecule has 0 saturated heterocycles. The molecule has 3 N–H and O–H groups in total. The van der Waals surface area contributed by atoms with Gasteiger partial charge >= 0.3 is 0 Å². The largest absolute Gasteiger partial charge is 0.353 e. The molecule has 0 radical (unpaired) electrons. The average molecular weight is 252 g/mol. The van der Waals surface area contributed by atoms with Crippen LogP contribution in [0.3, 0.4) is 0 Å². The molecule has 0 aromatic rings. The number of amides is 1. The highest BCUT2D eigenvalue weighted by molar-refractivity contribution is 5.84. The fraction of sp³-hybridized carbons (Fsp3) is 0.933. The molecule has 0 bridgehead atoms. The lowest BCUT2D eigenvalue weighted by Crippen LogP contribution is -2.56. The van der Waals surface area contributed by atoms with Crippen LogP contribution < -0.4 is 11.1 Å². The second-order valence-electron chi connectivity index (χ2n) is 6.94. The van der Waals surface area contributed by atoms with Gasteiger partial charge in [0, 0.05) is 12.6 Å². The van der Waals surface area contributed by atoms with Gasteiger partial charge in [-0.05, 0) is 49.9 Å². The lowest BCUT2D eigenvalue weighted by Gasteiger charge is -2.45. The maximum atomic E-state index is 12.4. The Morgan fingerprint density at radius 1 is 1.22 bits per heavy atom. The summed E-state index contributed by atoms with van der Waals surface area (Å²) < 4.78 is 0. The van der Waals surface area contributed by atoms with Crippen molar-refractivity contribution >= 4 is 5.91 Å². The van der Waals surface area contributed by atoms with E-state index in [9.17, 15) is 4.79 Å². The van der Waals surface area contributed by atoms with Crippen molar-refractivity contribution in [2.75, 3.05) is 6.54 Å². The quantitative estimate of drug-likeness (QED) is 0.810. The van der Waals surface area contributed by atoms with E-state index in [2.05, 4.69) is 26.1 Å². The number of nitrogens with one attached hydrogen (secondary N) is 1. The first kappa shape index (κ1) is 13.9. The minimum Gasteiger partial charge on any atom is -0.353 e. The van der Waals surface area contributed by atoms with Gasteiger partial charge in [0.1, 0.15) is 0 Å². The summed E-state index contributed by atoms with van der Waals surface area (Å²) in [5.74, 6) is 2.39. The number of hydrogen-bond donors (Lipinski definition) is 2. The highest BCUT2D eigenvalue weighted by Gasteiger charge is 2.47. The molecule has 0 heterocycles. The molecule has 2 aliphatic carbocycles. The molecular weight excluding hydrogens is 224 g/mol. The second kappa shape index (κ2) is 5.20. The summed E-state index contributed by atoms with van der Waals surface area (Å²) in [6.45, 7) is 7.32. The first-order valence-electron chi connectivity index (χ1n) is 7.48. The third kappa shape index (κ3) is 2.56. The van der Waals surface area contributed by atoms with Crippen molar-refractivity contribution in [3.63, 3.8) is 0 Å². The molecule has 3 atom stereocenters. The van der Waals surface area contributed by atoms with Crippen LogP contribution in [-0.2, 0) is 4.79 Å². The molecule has 2 fully saturated rings. The van der Waals surface area contributed by atoms with Crippen LogP contribution >= 0.6 is 0 Å². The molecule has 3 nitrogen and oxygen atoms in total. The monoisotopic (exact) mass is 252 g/mol. The van der Waals surface area contributed by atoms with Gasteiger partial charge in [-0.25, -0.2) is 0 Å². The van der Waals surface area contributed by atoms with Crippen LogP contribution in [0.5, 0.6) is 0 Å². The number of carbonyl (C=O) groups excluding carboxylic acids is 1. The molecule has 2 rings (SSSR count). The van der Waals surface area contributed by atoms with Crippen molar-refractivity contribution < 1.29 is 4.79 Å². The zero-order valence-corrected chi connectivity index (χ0v) is 12.0. The Morgan fingerprint density at radius 3 is 2.39 bits per heavy atom. The van der Waals surface area contributed by atoms with E-state index in [-0.39, 0.29) is 11.3 Å². The van der Waals surface area contributed by atoms with E-state index in [1.807, 2.05) is 0 Å². The van der Waals surface area contributed by atoms with Crippen LogP contribution in [0.4, 0.5) is 0 Å². The van der Waals surface area contributed by atoms with Crippen LogP contribution in [0.25, 0.3) is 0 Å². The van der Waals surface area contributed by atoms with Crippen LogP contribution in [0.2, 0.25) is 0 Å². The Balaban J connectivity index is 1.88. The van der Waals surface area contributed by atoms with E-state index in [1.165, 1.54) is 6.42 Å². The first-order valence-corrected chi connectivity index (χ1v) is 7.48. The van der Waals surface area contributed by atoms with Crippen LogP contribution in [-0.4, -0.2) is 18.5 Å². The predicted molar refractivity (Wildman–Crippen MR) is 74.0 cm³/mol. The van der Waals surface area contributed by atoms with Gasteiger partial charge in [0.05, 0.1) is 5.41 Å². The van der Waals surface area contributed by atoms with E-state index in [0.717, 1.165) is 37.5 Å².